The van der Waals surface area contributed by atoms with Gasteiger partial charge in [0.1, 0.15) is 0 Å². The van der Waals surface area contributed by atoms with Gasteiger partial charge in [0.25, 0.3) is 5.56 Å². The van der Waals surface area contributed by atoms with Gasteiger partial charge in [-0.3, -0.25) is 9.59 Å². The average Bonchev–Trinajstić information content (AvgIpc) is 2.47. The molecule has 4 nitrogen and oxygen atoms in total. The molecule has 1 aromatic carbocycles. The third-order valence-electron chi connectivity index (χ3n) is 3.22. The van der Waals surface area contributed by atoms with Crippen molar-refractivity contribution in [3.63, 3.8) is 0 Å². The lowest BCUT2D eigenvalue weighted by Gasteiger charge is -2.09. The van der Waals surface area contributed by atoms with Gasteiger partial charge in [0.05, 0.1) is 11.3 Å². The number of carbonyl (C=O) groups is 1. The molecule has 0 aliphatic rings. The molecule has 0 aliphatic carbocycles. The van der Waals surface area contributed by atoms with Crippen molar-refractivity contribution in [2.45, 2.75) is 33.2 Å². The number of halogens is 1. The van der Waals surface area contributed by atoms with Crippen molar-refractivity contribution in [2.75, 3.05) is 0 Å². The number of aromatic nitrogens is 2. The van der Waals surface area contributed by atoms with Crippen molar-refractivity contribution < 1.29 is 4.79 Å². The Labute approximate surface area is 128 Å². The molecule has 0 N–H and O–H groups in total. The quantitative estimate of drug-likeness (QED) is 0.794. The minimum atomic E-state index is -0.325. The fourth-order valence-electron chi connectivity index (χ4n) is 2.02. The normalized spacial score (nSPS) is 10.6. The van der Waals surface area contributed by atoms with Crippen molar-refractivity contribution in [3.05, 3.63) is 51.3 Å². The summed E-state index contributed by atoms with van der Waals surface area (Å²) in [6.45, 7) is 3.95. The lowest BCUT2D eigenvalue weighted by molar-refractivity contribution is 0.101. The van der Waals surface area contributed by atoms with Gasteiger partial charge in [0.15, 0.2) is 5.78 Å². The second kappa shape index (κ2) is 6.68. The highest BCUT2D eigenvalue weighted by Gasteiger charge is 2.13. The van der Waals surface area contributed by atoms with Gasteiger partial charge in [0, 0.05) is 17.1 Å². The van der Waals surface area contributed by atoms with Gasteiger partial charge in [-0.05, 0) is 31.5 Å². The summed E-state index contributed by atoms with van der Waals surface area (Å²) in [5.74, 6) is -0.247. The Morgan fingerprint density at radius 3 is 2.52 bits per heavy atom. The van der Waals surface area contributed by atoms with Crippen molar-refractivity contribution in [2.24, 2.45) is 0 Å². The van der Waals surface area contributed by atoms with E-state index < -0.39 is 0 Å². The lowest BCUT2D eigenvalue weighted by atomic mass is 10.1. The molecule has 0 amide bonds. The molecule has 0 saturated carbocycles. The van der Waals surface area contributed by atoms with E-state index in [2.05, 4.69) is 5.10 Å². The fourth-order valence-corrected chi connectivity index (χ4v) is 2.14. The number of unbranched alkanes of at least 4 members (excludes halogenated alkanes) is 1. The molecule has 21 heavy (non-hydrogen) atoms. The number of Topliss-reactive ketones (excluding diaryl/α,β-unsaturated/α-hetero) is 1. The van der Waals surface area contributed by atoms with E-state index in [1.165, 1.54) is 11.6 Å². The van der Waals surface area contributed by atoms with Crippen LogP contribution in [0.3, 0.4) is 0 Å². The number of hydrogen-bond donors (Lipinski definition) is 0. The number of rotatable bonds is 5. The number of benzene rings is 1. The van der Waals surface area contributed by atoms with Gasteiger partial charge in [-0.15, -0.1) is 0 Å². The Morgan fingerprint density at radius 2 is 1.95 bits per heavy atom. The fraction of sp³-hybridized carbons (Fsp3) is 0.312. The number of carbonyl (C=O) groups excluding carboxylic acids is 1. The van der Waals surface area contributed by atoms with E-state index in [1.54, 1.807) is 18.2 Å². The van der Waals surface area contributed by atoms with Crippen LogP contribution in [0, 0.1) is 0 Å². The average molecular weight is 305 g/mol. The molecule has 1 heterocycles. The molecule has 0 spiro atoms. The zero-order valence-corrected chi connectivity index (χ0v) is 12.9. The van der Waals surface area contributed by atoms with Crippen LogP contribution in [0.1, 0.15) is 37.0 Å². The van der Waals surface area contributed by atoms with Crippen LogP contribution in [0.25, 0.3) is 11.3 Å². The van der Waals surface area contributed by atoms with E-state index in [-0.39, 0.29) is 16.9 Å². The molecule has 2 aromatic rings. The van der Waals surface area contributed by atoms with Crippen LogP contribution >= 0.6 is 11.6 Å². The van der Waals surface area contributed by atoms with Gasteiger partial charge in [-0.1, -0.05) is 37.1 Å². The largest absolute Gasteiger partial charge is 0.294 e. The molecule has 0 saturated heterocycles. The predicted molar refractivity (Wildman–Crippen MR) is 83.9 cm³/mol. The lowest BCUT2D eigenvalue weighted by Crippen LogP contribution is -2.28. The van der Waals surface area contributed by atoms with E-state index in [0.717, 1.165) is 18.4 Å². The van der Waals surface area contributed by atoms with Crippen LogP contribution in [-0.2, 0) is 6.54 Å². The number of nitrogens with zero attached hydrogens (tertiary/aromatic N) is 2. The van der Waals surface area contributed by atoms with Crippen molar-refractivity contribution in [3.8, 4) is 11.3 Å². The summed E-state index contributed by atoms with van der Waals surface area (Å²) in [6.07, 6.45) is 1.79. The third kappa shape index (κ3) is 3.58. The second-order valence-corrected chi connectivity index (χ2v) is 5.32. The maximum atomic E-state index is 12.2. The molecule has 5 heteroatoms. The van der Waals surface area contributed by atoms with Crippen molar-refractivity contribution in [1.29, 1.82) is 0 Å². The first-order valence-electron chi connectivity index (χ1n) is 6.92. The summed E-state index contributed by atoms with van der Waals surface area (Å²) >= 11 is 5.88. The molecule has 0 radical (unpaired) electrons. The van der Waals surface area contributed by atoms with E-state index >= 15 is 0 Å². The van der Waals surface area contributed by atoms with Gasteiger partial charge in [-0.25, -0.2) is 4.68 Å². The molecule has 110 valence electrons. The highest BCUT2D eigenvalue weighted by molar-refractivity contribution is 6.30. The molecule has 2 rings (SSSR count). The molecule has 0 atom stereocenters. The van der Waals surface area contributed by atoms with Gasteiger partial charge < -0.3 is 0 Å². The summed E-state index contributed by atoms with van der Waals surface area (Å²) in [5.41, 5.74) is 1.28. The molecular formula is C16H17ClN2O2. The van der Waals surface area contributed by atoms with Gasteiger partial charge in [-0.2, -0.15) is 5.10 Å². The van der Waals surface area contributed by atoms with Crippen LogP contribution in [0.5, 0.6) is 0 Å². The third-order valence-corrected chi connectivity index (χ3v) is 3.47. The molecular weight excluding hydrogens is 288 g/mol. The van der Waals surface area contributed by atoms with E-state index in [9.17, 15) is 9.59 Å². The molecule has 0 fully saturated rings. The predicted octanol–water partition coefficient (Wildman–Crippen LogP) is 3.57. The first-order valence-corrected chi connectivity index (χ1v) is 7.29. The zero-order chi connectivity index (χ0) is 15.4. The second-order valence-electron chi connectivity index (χ2n) is 4.89. The van der Waals surface area contributed by atoms with Gasteiger partial charge >= 0.3 is 0 Å². The maximum Gasteiger partial charge on any atom is 0.277 e. The zero-order valence-electron chi connectivity index (χ0n) is 12.1. The van der Waals surface area contributed by atoms with Crippen LogP contribution in [0.15, 0.2) is 35.1 Å². The smallest absolute Gasteiger partial charge is 0.277 e. The Morgan fingerprint density at radius 1 is 1.29 bits per heavy atom. The molecule has 1 aromatic heterocycles. The highest BCUT2D eigenvalue weighted by Crippen LogP contribution is 2.19. The van der Waals surface area contributed by atoms with E-state index in [1.807, 2.05) is 19.1 Å². The summed E-state index contributed by atoms with van der Waals surface area (Å²) in [5, 5.41) is 4.99. The van der Waals surface area contributed by atoms with Crippen molar-refractivity contribution in [1.82, 2.24) is 9.78 Å². The van der Waals surface area contributed by atoms with Crippen LogP contribution in [0.4, 0.5) is 0 Å². The Kier molecular flexibility index (Phi) is 4.91. The Bertz CT molecular complexity index is 705. The topological polar surface area (TPSA) is 52.0 Å². The summed E-state index contributed by atoms with van der Waals surface area (Å²) < 4.78 is 1.38. The van der Waals surface area contributed by atoms with Gasteiger partial charge in [0.2, 0.25) is 0 Å². The number of ketones is 1. The van der Waals surface area contributed by atoms with Crippen LogP contribution < -0.4 is 5.56 Å². The number of aryl methyl sites for hydroxylation is 1. The Balaban J connectivity index is 2.55. The minimum absolute atomic E-state index is 0.172. The number of hydrogen-bond acceptors (Lipinski definition) is 3. The standard InChI is InChI=1S/C16H17ClN2O2/c1-3-4-9-19-16(21)14(11(2)20)10-15(18-19)12-5-7-13(17)8-6-12/h5-8,10H,3-4,9H2,1-2H3. The van der Waals surface area contributed by atoms with Crippen LogP contribution in [0.2, 0.25) is 5.02 Å². The van der Waals surface area contributed by atoms with Crippen LogP contribution in [-0.4, -0.2) is 15.6 Å². The van der Waals surface area contributed by atoms with E-state index in [4.69, 9.17) is 11.6 Å². The first kappa shape index (κ1) is 15.4. The minimum Gasteiger partial charge on any atom is -0.294 e. The first-order chi connectivity index (χ1) is 10.0. The molecule has 0 bridgehead atoms. The van der Waals surface area contributed by atoms with E-state index in [0.29, 0.717) is 17.3 Å². The SMILES string of the molecule is CCCCn1nc(-c2ccc(Cl)cc2)cc(C(C)=O)c1=O. The summed E-state index contributed by atoms with van der Waals surface area (Å²) in [4.78, 5) is 23.9. The Hall–Kier alpha value is -1.94. The summed E-state index contributed by atoms with van der Waals surface area (Å²) in [6, 6.07) is 8.71. The van der Waals surface area contributed by atoms with Crippen molar-refractivity contribution >= 4 is 17.4 Å². The molecule has 0 aliphatic heterocycles. The highest BCUT2D eigenvalue weighted by atomic mass is 35.5. The summed E-state index contributed by atoms with van der Waals surface area (Å²) in [7, 11) is 0. The molecule has 0 unspecified atom stereocenters. The maximum absolute atomic E-state index is 12.2. The monoisotopic (exact) mass is 304 g/mol.